The van der Waals surface area contributed by atoms with Gasteiger partial charge in [-0.15, -0.1) is 0 Å². The lowest BCUT2D eigenvalue weighted by Gasteiger charge is -2.30. The first kappa shape index (κ1) is 33.6. The van der Waals surface area contributed by atoms with Crippen LogP contribution in [0.3, 0.4) is 0 Å². The van der Waals surface area contributed by atoms with Crippen molar-refractivity contribution in [3.63, 3.8) is 0 Å². The molecule has 0 atom stereocenters. The number of aromatic nitrogens is 3. The molecule has 5 nitrogen and oxygen atoms in total. The number of hydrogen-bond acceptors (Lipinski definition) is 4. The molecule has 0 fully saturated rings. The Bertz CT molecular complexity index is 2630. The molecular weight excluding hydrogens is 671 g/mol. The molecule has 0 aliphatic heterocycles. The van der Waals surface area contributed by atoms with Crippen molar-refractivity contribution in [1.29, 1.82) is 0 Å². The molecule has 0 radical (unpaired) electrons. The average molecular weight is 710 g/mol. The maximum atomic E-state index is 5.38. The first-order valence-corrected chi connectivity index (χ1v) is 18.6. The van der Waals surface area contributed by atoms with Gasteiger partial charge in [-0.25, -0.2) is 9.97 Å². The minimum atomic E-state index is 0.796. The highest BCUT2D eigenvalue weighted by molar-refractivity contribution is 5.90. The fraction of sp³-hybridized carbons (Fsp3) is 0.0400. The molecule has 0 aliphatic carbocycles. The summed E-state index contributed by atoms with van der Waals surface area (Å²) in [5.41, 5.74) is 14.4. The fourth-order valence-electron chi connectivity index (χ4n) is 7.43. The van der Waals surface area contributed by atoms with Crippen LogP contribution in [0, 0.1) is 13.8 Å². The van der Waals surface area contributed by atoms with Gasteiger partial charge in [0.05, 0.1) is 5.69 Å². The minimum absolute atomic E-state index is 0.796. The Kier molecular flexibility index (Phi) is 8.94. The molecule has 0 aliphatic rings. The van der Waals surface area contributed by atoms with Crippen LogP contribution in [-0.4, -0.2) is 14.5 Å². The number of nitrogens with zero attached hydrogens (tertiary/aromatic N) is 5. The third kappa shape index (κ3) is 6.64. The SMILES string of the molecule is Cc1cccc(N(c2ccccc2)c2cc(-c3nc4cccnc4n3-c3ccccc3-c3ccccc3)cc(N(c3ccccc3)c3cccc(C)c3)c2)c1. The highest BCUT2D eigenvalue weighted by atomic mass is 15.2. The van der Waals surface area contributed by atoms with Crippen molar-refractivity contribution in [2.45, 2.75) is 13.8 Å². The van der Waals surface area contributed by atoms with E-state index in [2.05, 4.69) is 210 Å². The van der Waals surface area contributed by atoms with E-state index in [-0.39, 0.29) is 0 Å². The lowest BCUT2D eigenvalue weighted by Crippen LogP contribution is -2.14. The first-order chi connectivity index (χ1) is 27.1. The van der Waals surface area contributed by atoms with Crippen LogP contribution >= 0.6 is 0 Å². The first-order valence-electron chi connectivity index (χ1n) is 18.6. The Morgan fingerprint density at radius 2 is 0.945 bits per heavy atom. The summed E-state index contributed by atoms with van der Waals surface area (Å²) in [6, 6.07) is 68.4. The molecule has 0 amide bonds. The Labute approximate surface area is 322 Å². The molecular formula is C50H39N5. The van der Waals surface area contributed by atoms with Gasteiger partial charge in [0.15, 0.2) is 5.65 Å². The summed E-state index contributed by atoms with van der Waals surface area (Å²) < 4.78 is 2.22. The lowest BCUT2D eigenvalue weighted by atomic mass is 10.0. The van der Waals surface area contributed by atoms with Crippen molar-refractivity contribution >= 4 is 45.3 Å². The molecule has 0 N–H and O–H groups in total. The zero-order valence-electron chi connectivity index (χ0n) is 30.8. The van der Waals surface area contributed by atoms with E-state index >= 15 is 0 Å². The molecule has 0 saturated carbocycles. The van der Waals surface area contributed by atoms with Crippen LogP contribution < -0.4 is 9.80 Å². The smallest absolute Gasteiger partial charge is 0.164 e. The van der Waals surface area contributed by atoms with Crippen molar-refractivity contribution in [3.05, 3.63) is 211 Å². The van der Waals surface area contributed by atoms with Crippen molar-refractivity contribution in [2.75, 3.05) is 9.80 Å². The Morgan fingerprint density at radius 3 is 1.53 bits per heavy atom. The summed E-state index contributed by atoms with van der Waals surface area (Å²) >= 11 is 0. The molecule has 55 heavy (non-hydrogen) atoms. The predicted molar refractivity (Wildman–Crippen MR) is 229 cm³/mol. The number of imidazole rings is 1. The molecule has 0 bridgehead atoms. The topological polar surface area (TPSA) is 37.2 Å². The van der Waals surface area contributed by atoms with Gasteiger partial charge in [0.2, 0.25) is 0 Å². The van der Waals surface area contributed by atoms with E-state index in [4.69, 9.17) is 9.97 Å². The van der Waals surface area contributed by atoms with Gasteiger partial charge in [0.25, 0.3) is 0 Å². The van der Waals surface area contributed by atoms with E-state index in [1.165, 1.54) is 11.1 Å². The van der Waals surface area contributed by atoms with Gasteiger partial charge in [-0.2, -0.15) is 0 Å². The standard InChI is InChI=1S/C50H39N5/c1-36-17-14-25-42(31-36)53(40-21-8-4-9-22-40)44-33-39(34-45(35-44)54(41-23-10-5-11-24-41)43-26-15-18-37(2)32-43)49-52-47-28-16-30-51-50(47)55(49)48-29-13-12-27-46(48)38-19-6-3-7-20-38/h3-35H,1-2H3. The van der Waals surface area contributed by atoms with Crippen LogP contribution in [0.25, 0.3) is 39.4 Å². The molecule has 0 saturated heterocycles. The van der Waals surface area contributed by atoms with Gasteiger partial charge in [0.1, 0.15) is 11.3 Å². The van der Waals surface area contributed by atoms with Crippen molar-refractivity contribution in [2.24, 2.45) is 0 Å². The second-order valence-electron chi connectivity index (χ2n) is 13.8. The van der Waals surface area contributed by atoms with Gasteiger partial charge in [-0.05, 0) is 115 Å². The number of pyridine rings is 1. The summed E-state index contributed by atoms with van der Waals surface area (Å²) in [7, 11) is 0. The van der Waals surface area contributed by atoms with Crippen molar-refractivity contribution in [3.8, 4) is 28.2 Å². The molecule has 0 spiro atoms. The average Bonchev–Trinajstić information content (AvgIpc) is 3.62. The zero-order chi connectivity index (χ0) is 37.1. The molecule has 7 aromatic carbocycles. The Hall–Kier alpha value is -7.24. The van der Waals surface area contributed by atoms with Gasteiger partial charge in [-0.3, -0.25) is 4.57 Å². The number of fused-ring (bicyclic) bond motifs is 1. The highest BCUT2D eigenvalue weighted by Gasteiger charge is 2.23. The fourth-order valence-corrected chi connectivity index (χ4v) is 7.43. The molecule has 9 aromatic rings. The third-order valence-corrected chi connectivity index (χ3v) is 9.87. The van der Waals surface area contributed by atoms with E-state index in [0.29, 0.717) is 0 Å². The van der Waals surface area contributed by atoms with Crippen LogP contribution in [0.2, 0.25) is 0 Å². The largest absolute Gasteiger partial charge is 0.310 e. The number of rotatable bonds is 9. The van der Waals surface area contributed by atoms with E-state index in [9.17, 15) is 0 Å². The van der Waals surface area contributed by atoms with Gasteiger partial charge in [-0.1, -0.05) is 109 Å². The number of para-hydroxylation sites is 3. The Morgan fingerprint density at radius 1 is 0.418 bits per heavy atom. The summed E-state index contributed by atoms with van der Waals surface area (Å²) in [6.07, 6.45) is 1.85. The minimum Gasteiger partial charge on any atom is -0.310 e. The van der Waals surface area contributed by atoms with Crippen LogP contribution in [-0.2, 0) is 0 Å². The molecule has 2 heterocycles. The molecule has 0 unspecified atom stereocenters. The van der Waals surface area contributed by atoms with E-state index in [1.54, 1.807) is 0 Å². The molecule has 9 rings (SSSR count). The third-order valence-electron chi connectivity index (χ3n) is 9.87. The van der Waals surface area contributed by atoms with Crippen LogP contribution in [0.5, 0.6) is 0 Å². The highest BCUT2D eigenvalue weighted by Crippen LogP contribution is 2.44. The number of hydrogen-bond donors (Lipinski definition) is 0. The number of aryl methyl sites for hydroxylation is 2. The van der Waals surface area contributed by atoms with Crippen LogP contribution in [0.1, 0.15) is 11.1 Å². The molecule has 264 valence electrons. The molecule has 2 aromatic heterocycles. The van der Waals surface area contributed by atoms with Crippen LogP contribution in [0.15, 0.2) is 200 Å². The summed E-state index contributed by atoms with van der Waals surface area (Å²) in [6.45, 7) is 4.28. The van der Waals surface area contributed by atoms with Gasteiger partial charge < -0.3 is 9.80 Å². The maximum absolute atomic E-state index is 5.38. The number of anilines is 6. The van der Waals surface area contributed by atoms with Gasteiger partial charge in [0, 0.05) is 51.4 Å². The number of benzene rings is 7. The van der Waals surface area contributed by atoms with Gasteiger partial charge >= 0.3 is 0 Å². The van der Waals surface area contributed by atoms with Crippen molar-refractivity contribution < 1.29 is 0 Å². The molecule has 5 heteroatoms. The van der Waals surface area contributed by atoms with E-state index < -0.39 is 0 Å². The summed E-state index contributed by atoms with van der Waals surface area (Å²) in [5.74, 6) is 0.801. The summed E-state index contributed by atoms with van der Waals surface area (Å²) in [5, 5.41) is 0. The second kappa shape index (κ2) is 14.6. The van der Waals surface area contributed by atoms with E-state index in [0.717, 1.165) is 73.5 Å². The second-order valence-corrected chi connectivity index (χ2v) is 13.8. The van der Waals surface area contributed by atoms with Crippen LogP contribution in [0.4, 0.5) is 34.1 Å². The van der Waals surface area contributed by atoms with Crippen molar-refractivity contribution in [1.82, 2.24) is 14.5 Å². The zero-order valence-corrected chi connectivity index (χ0v) is 30.8. The maximum Gasteiger partial charge on any atom is 0.164 e. The predicted octanol–water partition coefficient (Wildman–Crippen LogP) is 13.3. The quantitative estimate of drug-likeness (QED) is 0.150. The monoisotopic (exact) mass is 709 g/mol. The Balaban J connectivity index is 1.37. The lowest BCUT2D eigenvalue weighted by molar-refractivity contribution is 1.08. The summed E-state index contributed by atoms with van der Waals surface area (Å²) in [4.78, 5) is 15.0. The normalized spacial score (nSPS) is 11.1. The van der Waals surface area contributed by atoms with E-state index in [1.807, 2.05) is 18.3 Å².